The lowest BCUT2D eigenvalue weighted by molar-refractivity contribution is -0.118. The Bertz CT molecular complexity index is 599. The van der Waals surface area contributed by atoms with Gasteiger partial charge < -0.3 is 9.88 Å². The van der Waals surface area contributed by atoms with Gasteiger partial charge in [0.1, 0.15) is 5.01 Å². The second-order valence-electron chi connectivity index (χ2n) is 5.73. The molecule has 0 spiro atoms. The van der Waals surface area contributed by atoms with Crippen LogP contribution in [-0.4, -0.2) is 20.7 Å². The topological polar surface area (TPSA) is 59.8 Å². The molecular weight excluding hydrogens is 284 g/mol. The number of aryl methyl sites for hydroxylation is 1. The Balaban J connectivity index is 1.74. The highest BCUT2D eigenvalue weighted by Crippen LogP contribution is 2.38. The van der Waals surface area contributed by atoms with Crippen LogP contribution in [0.25, 0.3) is 0 Å². The largest absolute Gasteiger partial charge is 0.348 e. The quantitative estimate of drug-likeness (QED) is 0.942. The summed E-state index contributed by atoms with van der Waals surface area (Å²) in [5, 5.41) is 12.2. The van der Waals surface area contributed by atoms with Crippen molar-refractivity contribution in [2.24, 2.45) is 0 Å². The normalized spacial score (nSPS) is 17.6. The van der Waals surface area contributed by atoms with Gasteiger partial charge in [0.05, 0.1) is 12.0 Å². The first-order valence-corrected chi connectivity index (χ1v) is 8.23. The van der Waals surface area contributed by atoms with Crippen molar-refractivity contribution in [1.82, 2.24) is 14.8 Å². The van der Waals surface area contributed by atoms with Gasteiger partial charge in [-0.2, -0.15) is 0 Å². The van der Waals surface area contributed by atoms with Crippen LogP contribution in [0, 0.1) is 6.92 Å². The van der Waals surface area contributed by atoms with Crippen LogP contribution in [-0.2, 0) is 10.3 Å². The Kier molecular flexibility index (Phi) is 4.05. The monoisotopic (exact) mass is 304 g/mol. The second-order valence-corrected chi connectivity index (χ2v) is 6.91. The summed E-state index contributed by atoms with van der Waals surface area (Å²) in [4.78, 5) is 12.4. The molecular formula is C15H20N4OS. The van der Waals surface area contributed by atoms with Crippen molar-refractivity contribution in [3.8, 4) is 0 Å². The van der Waals surface area contributed by atoms with Crippen molar-refractivity contribution >= 4 is 22.4 Å². The molecule has 0 aromatic carbocycles. The Morgan fingerprint density at radius 2 is 2.00 bits per heavy atom. The van der Waals surface area contributed by atoms with Crippen LogP contribution >= 0.6 is 11.3 Å². The maximum atomic E-state index is 12.4. The molecule has 0 aliphatic heterocycles. The van der Waals surface area contributed by atoms with Gasteiger partial charge in [-0.1, -0.05) is 30.6 Å². The summed E-state index contributed by atoms with van der Waals surface area (Å²) < 4.78 is 2.22. The number of nitrogens with one attached hydrogen (secondary N) is 1. The van der Waals surface area contributed by atoms with Crippen LogP contribution in [0.2, 0.25) is 0 Å². The Morgan fingerprint density at radius 1 is 1.29 bits per heavy atom. The molecule has 21 heavy (non-hydrogen) atoms. The van der Waals surface area contributed by atoms with Gasteiger partial charge in [0.15, 0.2) is 0 Å². The summed E-state index contributed by atoms with van der Waals surface area (Å²) >= 11 is 1.41. The van der Waals surface area contributed by atoms with E-state index in [4.69, 9.17) is 0 Å². The minimum atomic E-state index is -0.0778. The fourth-order valence-corrected chi connectivity index (χ4v) is 3.80. The molecule has 112 valence electrons. The molecule has 2 aromatic rings. The number of carbonyl (C=O) groups is 1. The Morgan fingerprint density at radius 3 is 2.62 bits per heavy atom. The molecule has 6 heteroatoms. The molecule has 3 rings (SSSR count). The summed E-state index contributed by atoms with van der Waals surface area (Å²) in [6, 6.07) is 4.06. The SMILES string of the molecule is Cc1nnc(NC(=O)CC2(n3cccc3)CCCCC2)s1. The summed E-state index contributed by atoms with van der Waals surface area (Å²) in [5.41, 5.74) is -0.0778. The first-order chi connectivity index (χ1) is 10.2. The summed E-state index contributed by atoms with van der Waals surface area (Å²) in [7, 11) is 0. The predicted molar refractivity (Wildman–Crippen MR) is 83.4 cm³/mol. The first kappa shape index (κ1) is 14.3. The molecule has 0 unspecified atom stereocenters. The van der Waals surface area contributed by atoms with E-state index >= 15 is 0 Å². The highest BCUT2D eigenvalue weighted by atomic mass is 32.1. The van der Waals surface area contributed by atoms with Gasteiger partial charge in [-0.3, -0.25) is 4.79 Å². The van der Waals surface area contributed by atoms with Crippen molar-refractivity contribution in [1.29, 1.82) is 0 Å². The maximum Gasteiger partial charge on any atom is 0.228 e. The van der Waals surface area contributed by atoms with Gasteiger partial charge in [-0.25, -0.2) is 0 Å². The van der Waals surface area contributed by atoms with Crippen LogP contribution in [0.3, 0.4) is 0 Å². The fraction of sp³-hybridized carbons (Fsp3) is 0.533. The molecule has 1 aliphatic carbocycles. The zero-order chi connectivity index (χ0) is 14.7. The molecule has 1 saturated carbocycles. The van der Waals surface area contributed by atoms with E-state index in [1.54, 1.807) is 0 Å². The number of carbonyl (C=O) groups excluding carboxylic acids is 1. The van der Waals surface area contributed by atoms with Crippen LogP contribution in [0.1, 0.15) is 43.5 Å². The van der Waals surface area contributed by atoms with E-state index in [1.165, 1.54) is 30.6 Å². The Hall–Kier alpha value is -1.69. The van der Waals surface area contributed by atoms with Gasteiger partial charge in [0.25, 0.3) is 0 Å². The fourth-order valence-electron chi connectivity index (χ4n) is 3.20. The number of amides is 1. The lowest BCUT2D eigenvalue weighted by Crippen LogP contribution is -2.38. The minimum absolute atomic E-state index is 0.0294. The second kappa shape index (κ2) is 5.97. The molecule has 0 radical (unpaired) electrons. The average molecular weight is 304 g/mol. The van der Waals surface area contributed by atoms with E-state index in [0.29, 0.717) is 11.6 Å². The van der Waals surface area contributed by atoms with Crippen molar-refractivity contribution in [3.63, 3.8) is 0 Å². The Labute approximate surface area is 128 Å². The van der Waals surface area contributed by atoms with Crippen LogP contribution in [0.5, 0.6) is 0 Å². The van der Waals surface area contributed by atoms with Gasteiger partial charge in [-0.05, 0) is 31.9 Å². The van der Waals surface area contributed by atoms with Gasteiger partial charge >= 0.3 is 0 Å². The van der Waals surface area contributed by atoms with Crippen molar-refractivity contribution in [2.45, 2.75) is 51.0 Å². The zero-order valence-electron chi connectivity index (χ0n) is 12.2. The third-order valence-electron chi connectivity index (χ3n) is 4.20. The van der Waals surface area contributed by atoms with E-state index in [9.17, 15) is 4.79 Å². The lowest BCUT2D eigenvalue weighted by Gasteiger charge is -2.38. The molecule has 0 saturated heterocycles. The van der Waals surface area contributed by atoms with E-state index in [-0.39, 0.29) is 11.4 Å². The third kappa shape index (κ3) is 3.15. The molecule has 0 atom stereocenters. The van der Waals surface area contributed by atoms with Crippen molar-refractivity contribution < 1.29 is 4.79 Å². The minimum Gasteiger partial charge on any atom is -0.348 e. The highest BCUT2D eigenvalue weighted by molar-refractivity contribution is 7.15. The number of nitrogens with zero attached hydrogens (tertiary/aromatic N) is 3. The highest BCUT2D eigenvalue weighted by Gasteiger charge is 2.35. The van der Waals surface area contributed by atoms with Crippen molar-refractivity contribution in [2.75, 3.05) is 5.32 Å². The van der Waals surface area contributed by atoms with E-state index < -0.39 is 0 Å². The number of hydrogen-bond donors (Lipinski definition) is 1. The zero-order valence-corrected chi connectivity index (χ0v) is 13.0. The predicted octanol–water partition coefficient (Wildman–Crippen LogP) is 3.34. The van der Waals surface area contributed by atoms with Crippen LogP contribution < -0.4 is 5.32 Å². The molecule has 2 aromatic heterocycles. The number of anilines is 1. The van der Waals surface area contributed by atoms with E-state index in [2.05, 4.69) is 32.5 Å². The number of hydrogen-bond acceptors (Lipinski definition) is 4. The standard InChI is InChI=1S/C15H20N4OS/c1-12-17-18-14(21-12)16-13(20)11-15(7-3-2-4-8-15)19-9-5-6-10-19/h5-6,9-10H,2-4,7-8,11H2,1H3,(H,16,18,20). The summed E-state index contributed by atoms with van der Waals surface area (Å²) in [6.07, 6.45) is 10.4. The van der Waals surface area contributed by atoms with Crippen LogP contribution in [0.4, 0.5) is 5.13 Å². The van der Waals surface area contributed by atoms with Gasteiger partial charge in [0.2, 0.25) is 11.0 Å². The molecule has 0 bridgehead atoms. The lowest BCUT2D eigenvalue weighted by atomic mass is 9.79. The van der Waals surface area contributed by atoms with Crippen molar-refractivity contribution in [3.05, 3.63) is 29.5 Å². The molecule has 1 amide bonds. The average Bonchev–Trinajstić information content (AvgIpc) is 3.12. The number of aromatic nitrogens is 3. The van der Waals surface area contributed by atoms with Crippen LogP contribution in [0.15, 0.2) is 24.5 Å². The maximum absolute atomic E-state index is 12.4. The summed E-state index contributed by atoms with van der Waals surface area (Å²) in [5.74, 6) is 0.0294. The molecule has 1 fully saturated rings. The van der Waals surface area contributed by atoms with Gasteiger partial charge in [0, 0.05) is 12.4 Å². The van der Waals surface area contributed by atoms with E-state index in [0.717, 1.165) is 17.8 Å². The molecule has 1 aliphatic rings. The summed E-state index contributed by atoms with van der Waals surface area (Å²) in [6.45, 7) is 1.88. The number of rotatable bonds is 4. The molecule has 5 nitrogen and oxygen atoms in total. The first-order valence-electron chi connectivity index (χ1n) is 7.41. The van der Waals surface area contributed by atoms with Gasteiger partial charge in [-0.15, -0.1) is 10.2 Å². The van der Waals surface area contributed by atoms with E-state index in [1.807, 2.05) is 19.1 Å². The smallest absolute Gasteiger partial charge is 0.228 e. The molecule has 2 heterocycles. The molecule has 1 N–H and O–H groups in total. The third-order valence-corrected chi connectivity index (χ3v) is 4.95.